The third kappa shape index (κ3) is 6.78. The van der Waals surface area contributed by atoms with Crippen molar-refractivity contribution in [1.82, 2.24) is 30.4 Å². The van der Waals surface area contributed by atoms with Crippen LogP contribution < -0.4 is 15.4 Å². The number of ether oxygens (including phenoxy) is 1. The molecule has 0 radical (unpaired) electrons. The number of nitrogens with zero attached hydrogens (tertiary/aromatic N) is 5. The maximum atomic E-state index is 6.14. The minimum Gasteiger partial charge on any atom is -0.474 e. The average molecular weight is 539 g/mol. The van der Waals surface area contributed by atoms with Gasteiger partial charge in [-0.3, -0.25) is 0 Å². The number of fused-ring (bicyclic) bond motifs is 1. The molecule has 2 N–H and O–H groups in total. The molecule has 0 amide bonds. The lowest BCUT2D eigenvalue weighted by atomic mass is 9.89. The van der Waals surface area contributed by atoms with Gasteiger partial charge in [-0.2, -0.15) is 5.10 Å². The average Bonchev–Trinajstić information content (AvgIpc) is 3.22. The normalized spacial score (nSPS) is 23.4. The van der Waals surface area contributed by atoms with E-state index in [-0.39, 0.29) is 24.0 Å². The summed E-state index contributed by atoms with van der Waals surface area (Å²) in [6, 6.07) is 4.32. The number of hydrogen-bond acceptors (Lipinski definition) is 5. The molecular formula is C22H34IN7O. The van der Waals surface area contributed by atoms with Crippen molar-refractivity contribution in [3.63, 3.8) is 0 Å². The molecule has 2 aromatic heterocycles. The highest BCUT2D eigenvalue weighted by atomic mass is 127. The number of guanidine groups is 1. The smallest absolute Gasteiger partial charge is 0.213 e. The van der Waals surface area contributed by atoms with E-state index in [2.05, 4.69) is 39.5 Å². The number of rotatable bonds is 6. The molecule has 8 nitrogen and oxygen atoms in total. The van der Waals surface area contributed by atoms with Crippen molar-refractivity contribution in [2.24, 2.45) is 10.9 Å². The first-order valence-electron chi connectivity index (χ1n) is 11.2. The van der Waals surface area contributed by atoms with Crippen LogP contribution in [0.2, 0.25) is 0 Å². The number of pyridine rings is 1. The Bertz CT molecular complexity index is 848. The molecule has 0 saturated heterocycles. The van der Waals surface area contributed by atoms with E-state index in [4.69, 9.17) is 9.73 Å². The topological polar surface area (TPSA) is 89.2 Å². The molecular weight excluding hydrogens is 505 g/mol. The zero-order valence-corrected chi connectivity index (χ0v) is 20.8. The summed E-state index contributed by atoms with van der Waals surface area (Å²) in [7, 11) is 0. The van der Waals surface area contributed by atoms with E-state index in [1.807, 2.05) is 23.0 Å². The highest BCUT2D eigenvalue weighted by Crippen LogP contribution is 2.26. The number of halogens is 1. The van der Waals surface area contributed by atoms with E-state index in [1.165, 1.54) is 12.8 Å². The first kappa shape index (κ1) is 23.7. The zero-order valence-electron chi connectivity index (χ0n) is 18.5. The van der Waals surface area contributed by atoms with Crippen molar-refractivity contribution >= 4 is 29.9 Å². The Morgan fingerprint density at radius 2 is 2.06 bits per heavy atom. The molecule has 2 aromatic rings. The quantitative estimate of drug-likeness (QED) is 0.333. The molecule has 1 saturated carbocycles. The summed E-state index contributed by atoms with van der Waals surface area (Å²) in [5.74, 6) is 3.42. The van der Waals surface area contributed by atoms with Crippen molar-refractivity contribution in [2.75, 3.05) is 6.54 Å². The van der Waals surface area contributed by atoms with Crippen molar-refractivity contribution in [3.8, 4) is 5.88 Å². The summed E-state index contributed by atoms with van der Waals surface area (Å²) in [5.41, 5.74) is 1.10. The maximum Gasteiger partial charge on any atom is 0.213 e. The third-order valence-electron chi connectivity index (χ3n) is 5.96. The summed E-state index contributed by atoms with van der Waals surface area (Å²) < 4.78 is 8.11. The molecule has 1 fully saturated rings. The number of aliphatic imine (C=N–C) groups is 1. The molecule has 31 heavy (non-hydrogen) atoms. The van der Waals surface area contributed by atoms with Gasteiger partial charge in [0.2, 0.25) is 5.88 Å². The largest absolute Gasteiger partial charge is 0.474 e. The van der Waals surface area contributed by atoms with Gasteiger partial charge >= 0.3 is 0 Å². The standard InChI is InChI=1S/C22H33N7O.HI/c1-3-23-22(28-18-6-9-20-26-15-27-29(20)14-18)25-13-17-10-11-24-21(12-17)30-19-7-4-16(2)5-8-19;/h10-12,15-16,18-19H,3-9,13-14H2,1-2H3,(H2,23,25,28);1H. The van der Waals surface area contributed by atoms with Crippen LogP contribution in [0, 0.1) is 5.92 Å². The predicted molar refractivity (Wildman–Crippen MR) is 132 cm³/mol. The van der Waals surface area contributed by atoms with Crippen LogP contribution in [0.3, 0.4) is 0 Å². The molecule has 1 aliphatic heterocycles. The highest BCUT2D eigenvalue weighted by Gasteiger charge is 2.21. The second-order valence-electron chi connectivity index (χ2n) is 8.44. The van der Waals surface area contributed by atoms with Crippen LogP contribution in [0.5, 0.6) is 5.88 Å². The Morgan fingerprint density at radius 3 is 2.87 bits per heavy atom. The number of aryl methyl sites for hydroxylation is 1. The van der Waals surface area contributed by atoms with Crippen molar-refractivity contribution < 1.29 is 4.74 Å². The van der Waals surface area contributed by atoms with Crippen LogP contribution in [0.15, 0.2) is 29.6 Å². The van der Waals surface area contributed by atoms with Crippen LogP contribution >= 0.6 is 24.0 Å². The lowest BCUT2D eigenvalue weighted by molar-refractivity contribution is 0.130. The Morgan fingerprint density at radius 1 is 1.23 bits per heavy atom. The first-order chi connectivity index (χ1) is 14.7. The van der Waals surface area contributed by atoms with Crippen molar-refractivity contribution in [1.29, 1.82) is 0 Å². The van der Waals surface area contributed by atoms with E-state index in [0.717, 1.165) is 62.0 Å². The number of aromatic nitrogens is 4. The fourth-order valence-corrected chi connectivity index (χ4v) is 4.17. The highest BCUT2D eigenvalue weighted by molar-refractivity contribution is 14.0. The molecule has 4 rings (SSSR count). The SMILES string of the molecule is CCNC(=NCc1ccnc(OC2CCC(C)CC2)c1)NC1CCc2ncnn2C1.I. The van der Waals surface area contributed by atoms with Gasteiger partial charge in [0.25, 0.3) is 0 Å². The summed E-state index contributed by atoms with van der Waals surface area (Å²) in [4.78, 5) is 13.5. The van der Waals surface area contributed by atoms with E-state index < -0.39 is 0 Å². The maximum absolute atomic E-state index is 6.14. The van der Waals surface area contributed by atoms with E-state index in [9.17, 15) is 0 Å². The number of hydrogen-bond donors (Lipinski definition) is 2. The summed E-state index contributed by atoms with van der Waals surface area (Å²) in [5, 5.41) is 11.2. The van der Waals surface area contributed by atoms with Crippen LogP contribution in [0.1, 0.15) is 57.3 Å². The molecule has 2 aliphatic rings. The minimum atomic E-state index is 0. The van der Waals surface area contributed by atoms with Gasteiger partial charge < -0.3 is 15.4 Å². The third-order valence-corrected chi connectivity index (χ3v) is 5.96. The molecule has 1 atom stereocenters. The van der Waals surface area contributed by atoms with Crippen molar-refractivity contribution in [3.05, 3.63) is 36.0 Å². The Labute approximate surface area is 201 Å². The van der Waals surface area contributed by atoms with Crippen molar-refractivity contribution in [2.45, 2.75) is 77.6 Å². The molecule has 1 unspecified atom stereocenters. The Hall–Kier alpha value is -1.91. The van der Waals surface area contributed by atoms with Gasteiger partial charge in [0.15, 0.2) is 5.96 Å². The van der Waals surface area contributed by atoms with Crippen LogP contribution in [0.25, 0.3) is 0 Å². The fourth-order valence-electron chi connectivity index (χ4n) is 4.17. The Kier molecular flexibility index (Phi) is 8.91. The van der Waals surface area contributed by atoms with Gasteiger partial charge in [0, 0.05) is 31.3 Å². The summed E-state index contributed by atoms with van der Waals surface area (Å²) in [6.45, 7) is 6.61. The minimum absolute atomic E-state index is 0. The molecule has 3 heterocycles. The van der Waals surface area contributed by atoms with Gasteiger partial charge in [0.05, 0.1) is 13.1 Å². The molecule has 1 aliphatic carbocycles. The fraction of sp³-hybridized carbons (Fsp3) is 0.636. The lowest BCUT2D eigenvalue weighted by Crippen LogP contribution is -2.47. The van der Waals surface area contributed by atoms with Crippen LogP contribution in [0.4, 0.5) is 0 Å². The first-order valence-corrected chi connectivity index (χ1v) is 11.2. The van der Waals surface area contributed by atoms with Gasteiger partial charge in [0.1, 0.15) is 18.3 Å². The van der Waals surface area contributed by atoms with E-state index in [1.54, 1.807) is 6.33 Å². The number of nitrogens with one attached hydrogen (secondary N) is 2. The molecule has 0 spiro atoms. The van der Waals surface area contributed by atoms with Gasteiger partial charge in [-0.25, -0.2) is 19.6 Å². The van der Waals surface area contributed by atoms with E-state index >= 15 is 0 Å². The second kappa shape index (κ2) is 11.6. The van der Waals surface area contributed by atoms with Crippen LogP contribution in [-0.4, -0.2) is 44.4 Å². The summed E-state index contributed by atoms with van der Waals surface area (Å²) in [6.07, 6.45) is 10.4. The zero-order chi connectivity index (χ0) is 20.8. The van der Waals surface area contributed by atoms with Gasteiger partial charge in [-0.05, 0) is 56.6 Å². The second-order valence-corrected chi connectivity index (χ2v) is 8.44. The van der Waals surface area contributed by atoms with Gasteiger partial charge in [-0.15, -0.1) is 24.0 Å². The molecule has 0 bridgehead atoms. The Balaban J connectivity index is 0.00000272. The van der Waals surface area contributed by atoms with Crippen LogP contribution in [-0.2, 0) is 19.5 Å². The summed E-state index contributed by atoms with van der Waals surface area (Å²) >= 11 is 0. The predicted octanol–water partition coefficient (Wildman–Crippen LogP) is 3.32. The van der Waals surface area contributed by atoms with E-state index in [0.29, 0.717) is 24.6 Å². The van der Waals surface area contributed by atoms with Gasteiger partial charge in [-0.1, -0.05) is 6.92 Å². The molecule has 170 valence electrons. The molecule has 9 heteroatoms. The molecule has 0 aromatic carbocycles. The monoisotopic (exact) mass is 539 g/mol. The lowest BCUT2D eigenvalue weighted by Gasteiger charge is -2.26.